The van der Waals surface area contributed by atoms with Crippen molar-refractivity contribution < 1.29 is 23.8 Å². The number of benzene rings is 1. The van der Waals surface area contributed by atoms with Gasteiger partial charge < -0.3 is 23.6 Å². The summed E-state index contributed by atoms with van der Waals surface area (Å²) in [6.45, 7) is 2.71. The topological polar surface area (TPSA) is 111 Å². The Morgan fingerprint density at radius 1 is 1.13 bits per heavy atom. The lowest BCUT2D eigenvalue weighted by atomic mass is 9.83. The highest BCUT2D eigenvalue weighted by Gasteiger charge is 2.35. The van der Waals surface area contributed by atoms with E-state index in [2.05, 4.69) is 4.90 Å². The largest absolute Gasteiger partial charge is 0.502 e. The van der Waals surface area contributed by atoms with Gasteiger partial charge in [0, 0.05) is 48.9 Å². The van der Waals surface area contributed by atoms with Crippen LogP contribution in [0.2, 0.25) is 0 Å². The van der Waals surface area contributed by atoms with Gasteiger partial charge in [-0.3, -0.25) is 19.3 Å². The third kappa shape index (κ3) is 4.90. The second kappa shape index (κ2) is 10.2. The highest BCUT2D eigenvalue weighted by molar-refractivity contribution is 5.73. The molecule has 3 aliphatic heterocycles. The smallest absolute Gasteiger partial charge is 0.306 e. The molecule has 3 atom stereocenters. The number of aromatic hydroxyl groups is 1. The third-order valence-electron chi connectivity index (χ3n) is 7.95. The number of aromatic nitrogens is 1. The summed E-state index contributed by atoms with van der Waals surface area (Å²) in [7, 11) is 1.30. The molecule has 3 aromatic rings. The predicted molar refractivity (Wildman–Crippen MR) is 143 cm³/mol. The summed E-state index contributed by atoms with van der Waals surface area (Å²) in [6, 6.07) is 14.3. The number of likely N-dealkylation sites (tertiary alicyclic amines) is 1. The SMILES string of the molecule is COC(=O)C[C@@H](C1=Cc2ccccc2OC1)c1oc(CN2C[C@H]3C[C@@H](C2)c2cccc(=O)n2C3)cc(=O)c1O. The minimum atomic E-state index is -0.738. The Kier molecular flexibility index (Phi) is 6.60. The molecule has 3 aliphatic rings. The lowest BCUT2D eigenvalue weighted by Gasteiger charge is -2.42. The van der Waals surface area contributed by atoms with Crippen molar-refractivity contribution in [1.82, 2.24) is 9.47 Å². The molecule has 1 fully saturated rings. The summed E-state index contributed by atoms with van der Waals surface area (Å²) in [6.07, 6.45) is 2.80. The van der Waals surface area contributed by atoms with E-state index in [4.69, 9.17) is 13.9 Å². The predicted octanol–water partition coefficient (Wildman–Crippen LogP) is 3.25. The van der Waals surface area contributed by atoms with Crippen molar-refractivity contribution in [3.63, 3.8) is 0 Å². The molecule has 0 unspecified atom stereocenters. The van der Waals surface area contributed by atoms with Crippen LogP contribution in [-0.4, -0.2) is 47.3 Å². The molecule has 2 aromatic heterocycles. The van der Waals surface area contributed by atoms with Crippen LogP contribution in [-0.2, 0) is 22.6 Å². The van der Waals surface area contributed by atoms with Crippen molar-refractivity contribution >= 4 is 12.0 Å². The molecule has 1 saturated heterocycles. The number of carbonyl (C=O) groups excluding carboxylic acids is 1. The van der Waals surface area contributed by atoms with Gasteiger partial charge in [-0.2, -0.15) is 0 Å². The molecule has 0 saturated carbocycles. The van der Waals surface area contributed by atoms with E-state index >= 15 is 0 Å². The van der Waals surface area contributed by atoms with Gasteiger partial charge in [0.05, 0.1) is 26.0 Å². The Morgan fingerprint density at radius 3 is 2.82 bits per heavy atom. The Morgan fingerprint density at radius 2 is 1.97 bits per heavy atom. The van der Waals surface area contributed by atoms with Gasteiger partial charge in [-0.25, -0.2) is 0 Å². The molecular weight excluding hydrogens is 500 g/mol. The van der Waals surface area contributed by atoms with E-state index in [-0.39, 0.29) is 30.3 Å². The van der Waals surface area contributed by atoms with Gasteiger partial charge in [-0.05, 0) is 36.1 Å². The standard InChI is InChI=1S/C30H30N2O7/c1-37-28(35)12-23(21-10-19-5-2-3-7-26(19)38-17-21)30-29(36)25(33)11-22(39-30)16-31-13-18-9-20(15-31)24-6-4-8-27(34)32(24)14-18/h2-8,10-11,18,20,23,36H,9,12-17H2,1H3/t18-,20+,23+/m1/s1. The molecule has 9 nitrogen and oxygen atoms in total. The average Bonchev–Trinajstić information content (AvgIpc) is 2.94. The van der Waals surface area contributed by atoms with Crippen LogP contribution in [0.1, 0.15) is 47.5 Å². The fourth-order valence-electron chi connectivity index (χ4n) is 6.19. The zero-order valence-electron chi connectivity index (χ0n) is 21.7. The van der Waals surface area contributed by atoms with Gasteiger partial charge in [-0.15, -0.1) is 0 Å². The van der Waals surface area contributed by atoms with Gasteiger partial charge in [0.15, 0.2) is 5.76 Å². The third-order valence-corrected chi connectivity index (χ3v) is 7.95. The molecule has 0 spiro atoms. The first-order valence-electron chi connectivity index (χ1n) is 13.2. The van der Waals surface area contributed by atoms with Crippen molar-refractivity contribution in [2.45, 2.75) is 37.8 Å². The quantitative estimate of drug-likeness (QED) is 0.484. The molecule has 1 aromatic carbocycles. The van der Waals surface area contributed by atoms with Crippen molar-refractivity contribution in [2.75, 3.05) is 26.8 Å². The normalized spacial score (nSPS) is 20.7. The first-order valence-corrected chi connectivity index (χ1v) is 13.2. The van der Waals surface area contributed by atoms with Crippen LogP contribution in [0.5, 0.6) is 11.5 Å². The zero-order valence-corrected chi connectivity index (χ0v) is 21.7. The molecule has 202 valence electrons. The molecule has 0 radical (unpaired) electrons. The van der Waals surface area contributed by atoms with E-state index < -0.39 is 23.1 Å². The van der Waals surface area contributed by atoms with Crippen LogP contribution >= 0.6 is 0 Å². The van der Waals surface area contributed by atoms with Gasteiger partial charge in [0.25, 0.3) is 5.56 Å². The van der Waals surface area contributed by atoms with E-state index in [1.165, 1.54) is 13.2 Å². The number of hydrogen-bond acceptors (Lipinski definition) is 8. The average molecular weight is 531 g/mol. The fourth-order valence-corrected chi connectivity index (χ4v) is 6.19. The lowest BCUT2D eigenvalue weighted by Crippen LogP contribution is -2.46. The lowest BCUT2D eigenvalue weighted by molar-refractivity contribution is -0.141. The van der Waals surface area contributed by atoms with Crippen molar-refractivity contribution in [2.24, 2.45) is 5.92 Å². The summed E-state index contributed by atoms with van der Waals surface area (Å²) in [4.78, 5) is 39.9. The van der Waals surface area contributed by atoms with Crippen LogP contribution in [0.3, 0.4) is 0 Å². The Labute approximate surface area is 224 Å². The molecular formula is C30H30N2O7. The van der Waals surface area contributed by atoms with E-state index in [0.717, 1.165) is 36.5 Å². The van der Waals surface area contributed by atoms with Crippen LogP contribution < -0.4 is 15.7 Å². The number of methoxy groups -OCH3 is 1. The van der Waals surface area contributed by atoms with Crippen molar-refractivity contribution in [3.05, 3.63) is 97.5 Å². The highest BCUT2D eigenvalue weighted by atomic mass is 16.5. The molecule has 6 rings (SSSR count). The number of para-hydroxylation sites is 1. The van der Waals surface area contributed by atoms with Crippen LogP contribution in [0.4, 0.5) is 0 Å². The summed E-state index contributed by atoms with van der Waals surface area (Å²) in [5.41, 5.74) is 2.05. The van der Waals surface area contributed by atoms with Crippen molar-refractivity contribution in [1.29, 1.82) is 0 Å². The second-order valence-corrected chi connectivity index (χ2v) is 10.6. The molecule has 1 N–H and O–H groups in total. The number of nitrogens with zero attached hydrogens (tertiary/aromatic N) is 2. The van der Waals surface area contributed by atoms with Crippen LogP contribution in [0, 0.1) is 5.92 Å². The number of carbonyl (C=O) groups is 1. The first-order chi connectivity index (χ1) is 18.9. The highest BCUT2D eigenvalue weighted by Crippen LogP contribution is 2.39. The van der Waals surface area contributed by atoms with Gasteiger partial charge in [-0.1, -0.05) is 24.3 Å². The maximum absolute atomic E-state index is 12.9. The van der Waals surface area contributed by atoms with E-state index in [1.54, 1.807) is 6.07 Å². The van der Waals surface area contributed by atoms with Crippen LogP contribution in [0.25, 0.3) is 6.08 Å². The monoisotopic (exact) mass is 530 g/mol. The molecule has 9 heteroatoms. The molecule has 0 aliphatic carbocycles. The number of fused-ring (bicyclic) bond motifs is 5. The Balaban J connectivity index is 1.31. The maximum Gasteiger partial charge on any atom is 0.306 e. The molecule has 0 amide bonds. The fraction of sp³-hybridized carbons (Fsp3) is 0.367. The Hall–Kier alpha value is -4.11. The summed E-state index contributed by atoms with van der Waals surface area (Å²) in [5, 5.41) is 10.8. The van der Waals surface area contributed by atoms with Gasteiger partial charge in [0.1, 0.15) is 18.1 Å². The van der Waals surface area contributed by atoms with Crippen molar-refractivity contribution in [3.8, 4) is 11.5 Å². The summed E-state index contributed by atoms with van der Waals surface area (Å²) < 4.78 is 18.9. The van der Waals surface area contributed by atoms with E-state index in [9.17, 15) is 19.5 Å². The molecule has 5 heterocycles. The maximum atomic E-state index is 12.9. The number of piperidine rings is 1. The Bertz CT molecular complexity index is 1570. The molecule has 39 heavy (non-hydrogen) atoms. The van der Waals surface area contributed by atoms with Crippen LogP contribution in [0.15, 0.2) is 68.1 Å². The minimum absolute atomic E-state index is 0.0325. The first kappa shape index (κ1) is 25.2. The van der Waals surface area contributed by atoms with Gasteiger partial charge in [0.2, 0.25) is 11.2 Å². The minimum Gasteiger partial charge on any atom is -0.502 e. The number of esters is 1. The summed E-state index contributed by atoms with van der Waals surface area (Å²) in [5.74, 6) is -0.0593. The summed E-state index contributed by atoms with van der Waals surface area (Å²) >= 11 is 0. The number of pyridine rings is 1. The second-order valence-electron chi connectivity index (χ2n) is 10.6. The molecule has 2 bridgehead atoms. The number of ether oxygens (including phenoxy) is 2. The van der Waals surface area contributed by atoms with Gasteiger partial charge >= 0.3 is 5.97 Å². The zero-order chi connectivity index (χ0) is 27.1. The number of rotatable bonds is 6. The van der Waals surface area contributed by atoms with E-state index in [0.29, 0.717) is 30.3 Å². The van der Waals surface area contributed by atoms with E-state index in [1.807, 2.05) is 47.0 Å². The number of hydrogen-bond donors (Lipinski definition) is 1.